The highest BCUT2D eigenvalue weighted by molar-refractivity contribution is 5.77. The van der Waals surface area contributed by atoms with Gasteiger partial charge in [0, 0.05) is 12.5 Å². The Hall–Kier alpha value is -1.35. The van der Waals surface area contributed by atoms with E-state index in [2.05, 4.69) is 48.7 Å². The van der Waals surface area contributed by atoms with Gasteiger partial charge in [-0.2, -0.15) is 0 Å². The van der Waals surface area contributed by atoms with E-state index in [0.717, 1.165) is 25.8 Å². The van der Waals surface area contributed by atoms with E-state index in [4.69, 9.17) is 0 Å². The van der Waals surface area contributed by atoms with Crippen LogP contribution >= 0.6 is 0 Å². The lowest BCUT2D eigenvalue weighted by Gasteiger charge is -2.27. The van der Waals surface area contributed by atoms with Crippen molar-refractivity contribution >= 4 is 5.91 Å². The van der Waals surface area contributed by atoms with Crippen molar-refractivity contribution in [1.82, 2.24) is 10.6 Å². The summed E-state index contributed by atoms with van der Waals surface area (Å²) in [5.41, 5.74) is 2.69. The van der Waals surface area contributed by atoms with Gasteiger partial charge in [-0.1, -0.05) is 31.2 Å². The highest BCUT2D eigenvalue weighted by Gasteiger charge is 2.21. The van der Waals surface area contributed by atoms with Crippen LogP contribution in [0.4, 0.5) is 0 Å². The lowest BCUT2D eigenvalue weighted by atomic mass is 9.87. The number of benzene rings is 1. The standard InChI is InChI=1S/C16H24N2O/c1-3-17-12(2)11-16(19)18-15-10-6-8-13-7-4-5-9-14(13)15/h4-5,7,9,12,15,17H,3,6,8,10-11H2,1-2H3,(H,18,19). The molecule has 2 atom stereocenters. The summed E-state index contributed by atoms with van der Waals surface area (Å²) in [4.78, 5) is 12.1. The van der Waals surface area contributed by atoms with E-state index in [1.165, 1.54) is 11.1 Å². The minimum Gasteiger partial charge on any atom is -0.349 e. The highest BCUT2D eigenvalue weighted by Crippen LogP contribution is 2.29. The number of carbonyl (C=O) groups is 1. The van der Waals surface area contributed by atoms with Gasteiger partial charge in [0.1, 0.15) is 0 Å². The van der Waals surface area contributed by atoms with Crippen molar-refractivity contribution in [3.8, 4) is 0 Å². The van der Waals surface area contributed by atoms with Gasteiger partial charge < -0.3 is 10.6 Å². The van der Waals surface area contributed by atoms with Crippen molar-refractivity contribution in [1.29, 1.82) is 0 Å². The average Bonchev–Trinajstić information content (AvgIpc) is 2.39. The van der Waals surface area contributed by atoms with E-state index in [-0.39, 0.29) is 18.0 Å². The molecule has 0 radical (unpaired) electrons. The molecule has 1 aliphatic rings. The van der Waals surface area contributed by atoms with E-state index >= 15 is 0 Å². The number of hydrogen-bond donors (Lipinski definition) is 2. The quantitative estimate of drug-likeness (QED) is 0.854. The van der Waals surface area contributed by atoms with Crippen LogP contribution in [0.3, 0.4) is 0 Å². The van der Waals surface area contributed by atoms with Gasteiger partial charge in [0.15, 0.2) is 0 Å². The van der Waals surface area contributed by atoms with Crippen LogP contribution in [0.1, 0.15) is 50.3 Å². The molecule has 0 heterocycles. The zero-order valence-corrected chi connectivity index (χ0v) is 11.9. The zero-order chi connectivity index (χ0) is 13.7. The number of rotatable bonds is 5. The normalized spacial score (nSPS) is 19.6. The summed E-state index contributed by atoms with van der Waals surface area (Å²) in [6.07, 6.45) is 3.89. The molecule has 1 aliphatic carbocycles. The van der Waals surface area contributed by atoms with Gasteiger partial charge in [0.25, 0.3) is 0 Å². The van der Waals surface area contributed by atoms with E-state index in [1.54, 1.807) is 0 Å². The first-order valence-electron chi connectivity index (χ1n) is 7.31. The third kappa shape index (κ3) is 3.80. The molecule has 1 aromatic carbocycles. The van der Waals surface area contributed by atoms with E-state index in [0.29, 0.717) is 6.42 Å². The maximum absolute atomic E-state index is 12.1. The van der Waals surface area contributed by atoms with Gasteiger partial charge in [-0.3, -0.25) is 4.79 Å². The second-order valence-electron chi connectivity index (χ2n) is 5.37. The molecule has 0 saturated heterocycles. The number of fused-ring (bicyclic) bond motifs is 1. The van der Waals surface area contributed by atoms with E-state index in [9.17, 15) is 4.79 Å². The molecule has 2 unspecified atom stereocenters. The molecule has 2 N–H and O–H groups in total. The van der Waals surface area contributed by atoms with Crippen LogP contribution < -0.4 is 10.6 Å². The Kier molecular flexibility index (Phi) is 4.97. The lowest BCUT2D eigenvalue weighted by Crippen LogP contribution is -2.36. The van der Waals surface area contributed by atoms with Gasteiger partial charge in [0.05, 0.1) is 6.04 Å². The summed E-state index contributed by atoms with van der Waals surface area (Å²) in [7, 11) is 0. The van der Waals surface area contributed by atoms with Crippen molar-refractivity contribution < 1.29 is 4.79 Å². The molecule has 2 rings (SSSR count). The summed E-state index contributed by atoms with van der Waals surface area (Å²) >= 11 is 0. The second-order valence-corrected chi connectivity index (χ2v) is 5.37. The minimum absolute atomic E-state index is 0.148. The number of nitrogens with one attached hydrogen (secondary N) is 2. The molecule has 19 heavy (non-hydrogen) atoms. The summed E-state index contributed by atoms with van der Waals surface area (Å²) in [6, 6.07) is 8.90. The van der Waals surface area contributed by atoms with Crippen LogP contribution in [0, 0.1) is 0 Å². The zero-order valence-electron chi connectivity index (χ0n) is 11.9. The van der Waals surface area contributed by atoms with Crippen molar-refractivity contribution in [3.63, 3.8) is 0 Å². The van der Waals surface area contributed by atoms with Crippen molar-refractivity contribution in [2.45, 2.75) is 51.6 Å². The van der Waals surface area contributed by atoms with Gasteiger partial charge in [-0.05, 0) is 43.9 Å². The Morgan fingerprint density at radius 2 is 2.21 bits per heavy atom. The summed E-state index contributed by atoms with van der Waals surface area (Å²) in [6.45, 7) is 5.02. The van der Waals surface area contributed by atoms with Crippen LogP contribution in [0.15, 0.2) is 24.3 Å². The first-order chi connectivity index (χ1) is 9.20. The van der Waals surface area contributed by atoms with E-state index < -0.39 is 0 Å². The third-order valence-electron chi connectivity index (χ3n) is 3.75. The third-order valence-corrected chi connectivity index (χ3v) is 3.75. The van der Waals surface area contributed by atoms with Crippen molar-refractivity contribution in [3.05, 3.63) is 35.4 Å². The Balaban J connectivity index is 1.95. The van der Waals surface area contributed by atoms with E-state index in [1.807, 2.05) is 0 Å². The molecule has 0 saturated carbocycles. The number of aryl methyl sites for hydroxylation is 1. The Morgan fingerprint density at radius 1 is 1.42 bits per heavy atom. The molecular weight excluding hydrogens is 236 g/mol. The monoisotopic (exact) mass is 260 g/mol. The summed E-state index contributed by atoms with van der Waals surface area (Å²) in [5.74, 6) is 0.148. The minimum atomic E-state index is 0.148. The summed E-state index contributed by atoms with van der Waals surface area (Å²) < 4.78 is 0. The molecule has 0 aliphatic heterocycles. The smallest absolute Gasteiger partial charge is 0.222 e. The van der Waals surface area contributed by atoms with Gasteiger partial charge in [0.2, 0.25) is 5.91 Å². The van der Waals surface area contributed by atoms with Crippen LogP contribution in [0.2, 0.25) is 0 Å². The fourth-order valence-corrected chi connectivity index (χ4v) is 2.86. The van der Waals surface area contributed by atoms with Crippen LogP contribution in [-0.4, -0.2) is 18.5 Å². The average molecular weight is 260 g/mol. The van der Waals surface area contributed by atoms with Gasteiger partial charge >= 0.3 is 0 Å². The van der Waals surface area contributed by atoms with Crippen LogP contribution in [-0.2, 0) is 11.2 Å². The molecule has 104 valence electrons. The van der Waals surface area contributed by atoms with Crippen LogP contribution in [0.25, 0.3) is 0 Å². The Bertz CT molecular complexity index is 431. The van der Waals surface area contributed by atoms with Crippen LogP contribution in [0.5, 0.6) is 0 Å². The predicted molar refractivity (Wildman–Crippen MR) is 78.0 cm³/mol. The molecule has 0 spiro atoms. The van der Waals surface area contributed by atoms with Crippen molar-refractivity contribution in [2.24, 2.45) is 0 Å². The SMILES string of the molecule is CCNC(C)CC(=O)NC1CCCc2ccccc21. The molecule has 1 amide bonds. The number of amides is 1. The topological polar surface area (TPSA) is 41.1 Å². The molecule has 3 nitrogen and oxygen atoms in total. The molecule has 1 aromatic rings. The predicted octanol–water partition coefficient (Wildman–Crippen LogP) is 2.57. The fourth-order valence-electron chi connectivity index (χ4n) is 2.86. The number of carbonyl (C=O) groups excluding carboxylic acids is 1. The molecule has 0 aromatic heterocycles. The first kappa shape index (κ1) is 14.1. The summed E-state index contributed by atoms with van der Waals surface area (Å²) in [5, 5.41) is 6.46. The molecule has 0 fully saturated rings. The first-order valence-corrected chi connectivity index (χ1v) is 7.31. The maximum atomic E-state index is 12.1. The van der Waals surface area contributed by atoms with Gasteiger partial charge in [-0.25, -0.2) is 0 Å². The van der Waals surface area contributed by atoms with Crippen molar-refractivity contribution in [2.75, 3.05) is 6.54 Å². The largest absolute Gasteiger partial charge is 0.349 e. The Morgan fingerprint density at radius 3 is 3.00 bits per heavy atom. The highest BCUT2D eigenvalue weighted by atomic mass is 16.1. The van der Waals surface area contributed by atoms with Gasteiger partial charge in [-0.15, -0.1) is 0 Å². The molecular formula is C16H24N2O. The lowest BCUT2D eigenvalue weighted by molar-refractivity contribution is -0.122. The second kappa shape index (κ2) is 6.71. The number of hydrogen-bond acceptors (Lipinski definition) is 2. The maximum Gasteiger partial charge on any atom is 0.222 e. The fraction of sp³-hybridized carbons (Fsp3) is 0.562. The molecule has 0 bridgehead atoms. The molecule has 3 heteroatoms. The Labute approximate surface area is 115 Å².